The first-order valence-corrected chi connectivity index (χ1v) is 7.87. The second kappa shape index (κ2) is 7.60. The smallest absolute Gasteiger partial charge is 0.337 e. The van der Waals surface area contributed by atoms with Crippen molar-refractivity contribution >= 4 is 29.0 Å². The van der Waals surface area contributed by atoms with E-state index in [1.165, 1.54) is 19.2 Å². The van der Waals surface area contributed by atoms with E-state index in [1.54, 1.807) is 43.3 Å². The van der Waals surface area contributed by atoms with Gasteiger partial charge in [0.25, 0.3) is 0 Å². The monoisotopic (exact) mass is 352 g/mol. The van der Waals surface area contributed by atoms with Gasteiger partial charge in [0.2, 0.25) is 0 Å². The summed E-state index contributed by atoms with van der Waals surface area (Å²) >= 11 is 0. The Hall–Kier alpha value is -3.48. The Morgan fingerprint density at radius 3 is 2.19 bits per heavy atom. The van der Waals surface area contributed by atoms with Crippen molar-refractivity contribution in [3.05, 3.63) is 71.8 Å². The van der Waals surface area contributed by atoms with Crippen molar-refractivity contribution in [2.24, 2.45) is 0 Å². The SMILES string of the molecule is COC(=O)c1cccc(Nc2cc(Nc3cccc(F)c3)nc(C)n2)c1. The fraction of sp³-hybridized carbons (Fsp3) is 0.105. The van der Waals surface area contributed by atoms with E-state index in [1.807, 2.05) is 6.07 Å². The Balaban J connectivity index is 1.83. The van der Waals surface area contributed by atoms with Crippen LogP contribution in [-0.2, 0) is 4.74 Å². The highest BCUT2D eigenvalue weighted by molar-refractivity contribution is 5.90. The standard InChI is InChI=1S/C19H17FN4O2/c1-12-21-17(23-15-7-3-5-13(9-15)19(25)26-2)11-18(22-12)24-16-8-4-6-14(20)10-16/h3-11H,1-2H3,(H2,21,22,23,24). The number of halogens is 1. The number of benzene rings is 2. The molecule has 0 bridgehead atoms. The Bertz CT molecular complexity index is 946. The first-order chi connectivity index (χ1) is 12.5. The zero-order valence-corrected chi connectivity index (χ0v) is 14.3. The third kappa shape index (κ3) is 4.32. The predicted octanol–water partition coefficient (Wildman–Crippen LogP) is 4.20. The summed E-state index contributed by atoms with van der Waals surface area (Å²) in [6.07, 6.45) is 0. The predicted molar refractivity (Wildman–Crippen MR) is 97.5 cm³/mol. The van der Waals surface area contributed by atoms with E-state index >= 15 is 0 Å². The van der Waals surface area contributed by atoms with Gasteiger partial charge in [-0.25, -0.2) is 19.2 Å². The average molecular weight is 352 g/mol. The van der Waals surface area contributed by atoms with Crippen LogP contribution in [0.5, 0.6) is 0 Å². The van der Waals surface area contributed by atoms with Crippen LogP contribution in [-0.4, -0.2) is 23.0 Å². The van der Waals surface area contributed by atoms with Crippen LogP contribution in [0.2, 0.25) is 0 Å². The first-order valence-electron chi connectivity index (χ1n) is 7.87. The van der Waals surface area contributed by atoms with E-state index in [-0.39, 0.29) is 5.82 Å². The van der Waals surface area contributed by atoms with Gasteiger partial charge in [-0.1, -0.05) is 12.1 Å². The largest absolute Gasteiger partial charge is 0.465 e. The normalized spacial score (nSPS) is 10.3. The van der Waals surface area contributed by atoms with Gasteiger partial charge in [-0.3, -0.25) is 0 Å². The van der Waals surface area contributed by atoms with Crippen molar-refractivity contribution in [1.29, 1.82) is 0 Å². The third-order valence-electron chi connectivity index (χ3n) is 3.49. The van der Waals surface area contributed by atoms with E-state index in [0.717, 1.165) is 0 Å². The minimum absolute atomic E-state index is 0.334. The molecule has 0 unspecified atom stereocenters. The van der Waals surface area contributed by atoms with E-state index in [9.17, 15) is 9.18 Å². The molecule has 0 aliphatic heterocycles. The van der Waals surface area contributed by atoms with E-state index < -0.39 is 5.97 Å². The lowest BCUT2D eigenvalue weighted by molar-refractivity contribution is 0.0601. The van der Waals surface area contributed by atoms with E-state index in [2.05, 4.69) is 20.6 Å². The summed E-state index contributed by atoms with van der Waals surface area (Å²) in [5.41, 5.74) is 1.70. The van der Waals surface area contributed by atoms with Gasteiger partial charge in [0.1, 0.15) is 23.3 Å². The molecule has 0 saturated carbocycles. The number of rotatable bonds is 5. The Morgan fingerprint density at radius 2 is 1.58 bits per heavy atom. The van der Waals surface area contributed by atoms with E-state index in [0.29, 0.717) is 34.4 Å². The second-order valence-corrected chi connectivity index (χ2v) is 5.52. The van der Waals surface area contributed by atoms with Gasteiger partial charge >= 0.3 is 5.97 Å². The molecule has 0 radical (unpaired) electrons. The highest BCUT2D eigenvalue weighted by Crippen LogP contribution is 2.21. The van der Waals surface area contributed by atoms with Crippen LogP contribution in [0, 0.1) is 12.7 Å². The Morgan fingerprint density at radius 1 is 0.962 bits per heavy atom. The highest BCUT2D eigenvalue weighted by atomic mass is 19.1. The summed E-state index contributed by atoms with van der Waals surface area (Å²) in [5.74, 6) is 0.853. The maximum absolute atomic E-state index is 13.3. The molecule has 3 aromatic rings. The maximum atomic E-state index is 13.3. The summed E-state index contributed by atoms with van der Waals surface area (Å²) in [6, 6.07) is 14.7. The van der Waals surface area contributed by atoms with Gasteiger partial charge in [-0.05, 0) is 43.3 Å². The molecule has 0 fully saturated rings. The third-order valence-corrected chi connectivity index (χ3v) is 3.49. The van der Waals surface area contributed by atoms with Crippen LogP contribution < -0.4 is 10.6 Å². The summed E-state index contributed by atoms with van der Waals surface area (Å²) in [6.45, 7) is 1.76. The maximum Gasteiger partial charge on any atom is 0.337 e. The molecule has 0 aliphatic rings. The molecule has 2 N–H and O–H groups in total. The number of ether oxygens (including phenoxy) is 1. The molecule has 1 heterocycles. The molecule has 0 saturated heterocycles. The highest BCUT2D eigenvalue weighted by Gasteiger charge is 2.08. The molecule has 0 amide bonds. The van der Waals surface area contributed by atoms with Gasteiger partial charge < -0.3 is 15.4 Å². The lowest BCUT2D eigenvalue weighted by Crippen LogP contribution is -2.04. The molecule has 0 atom stereocenters. The molecule has 26 heavy (non-hydrogen) atoms. The molecule has 1 aromatic heterocycles. The van der Waals surface area contributed by atoms with Crippen LogP contribution in [0.3, 0.4) is 0 Å². The van der Waals surface area contributed by atoms with Crippen LogP contribution >= 0.6 is 0 Å². The number of hydrogen-bond donors (Lipinski definition) is 2. The average Bonchev–Trinajstić information content (AvgIpc) is 2.60. The minimum Gasteiger partial charge on any atom is -0.465 e. The van der Waals surface area contributed by atoms with Crippen molar-refractivity contribution in [3.63, 3.8) is 0 Å². The number of esters is 1. The zero-order chi connectivity index (χ0) is 18.5. The van der Waals surface area contributed by atoms with Crippen LogP contribution in [0.4, 0.5) is 27.4 Å². The lowest BCUT2D eigenvalue weighted by Gasteiger charge is -2.11. The summed E-state index contributed by atoms with van der Waals surface area (Å²) in [7, 11) is 1.33. The van der Waals surface area contributed by atoms with Gasteiger partial charge in [0.05, 0.1) is 12.7 Å². The van der Waals surface area contributed by atoms with Crippen molar-refractivity contribution < 1.29 is 13.9 Å². The number of anilines is 4. The second-order valence-electron chi connectivity index (χ2n) is 5.52. The lowest BCUT2D eigenvalue weighted by atomic mass is 10.2. The molecule has 3 rings (SSSR count). The number of methoxy groups -OCH3 is 1. The fourth-order valence-electron chi connectivity index (χ4n) is 2.40. The van der Waals surface area contributed by atoms with Crippen molar-refractivity contribution in [1.82, 2.24) is 9.97 Å². The molecule has 0 spiro atoms. The number of aryl methyl sites for hydroxylation is 1. The number of nitrogens with zero attached hydrogens (tertiary/aromatic N) is 2. The summed E-state index contributed by atoms with van der Waals surface area (Å²) in [5, 5.41) is 6.17. The van der Waals surface area contributed by atoms with Gasteiger partial charge in [0.15, 0.2) is 0 Å². The number of nitrogens with one attached hydrogen (secondary N) is 2. The Kier molecular flexibility index (Phi) is 5.07. The first kappa shape index (κ1) is 17.3. The van der Waals surface area contributed by atoms with Gasteiger partial charge in [-0.2, -0.15) is 0 Å². The molecule has 7 heteroatoms. The van der Waals surface area contributed by atoms with Crippen molar-refractivity contribution in [2.75, 3.05) is 17.7 Å². The van der Waals surface area contributed by atoms with Crippen molar-refractivity contribution in [2.45, 2.75) is 6.92 Å². The zero-order valence-electron chi connectivity index (χ0n) is 14.3. The quantitative estimate of drug-likeness (QED) is 0.670. The fourth-order valence-corrected chi connectivity index (χ4v) is 2.40. The topological polar surface area (TPSA) is 76.1 Å². The molecule has 0 aliphatic carbocycles. The van der Waals surface area contributed by atoms with Crippen molar-refractivity contribution in [3.8, 4) is 0 Å². The van der Waals surface area contributed by atoms with Crippen LogP contribution in [0.1, 0.15) is 16.2 Å². The summed E-state index contributed by atoms with van der Waals surface area (Å²) in [4.78, 5) is 20.3. The molecule has 132 valence electrons. The van der Waals surface area contributed by atoms with Crippen LogP contribution in [0.15, 0.2) is 54.6 Å². The molecular weight excluding hydrogens is 335 g/mol. The molecular formula is C19H17FN4O2. The number of aromatic nitrogens is 2. The van der Waals surface area contributed by atoms with Gasteiger partial charge in [-0.15, -0.1) is 0 Å². The number of carbonyl (C=O) groups is 1. The van der Waals surface area contributed by atoms with E-state index in [4.69, 9.17) is 4.74 Å². The molecule has 2 aromatic carbocycles. The van der Waals surface area contributed by atoms with Crippen LogP contribution in [0.25, 0.3) is 0 Å². The van der Waals surface area contributed by atoms with Gasteiger partial charge in [0, 0.05) is 17.4 Å². The number of hydrogen-bond acceptors (Lipinski definition) is 6. The number of carbonyl (C=O) groups excluding carboxylic acids is 1. The minimum atomic E-state index is -0.416. The molecule has 6 nitrogen and oxygen atoms in total. The summed E-state index contributed by atoms with van der Waals surface area (Å²) < 4.78 is 18.0. The Labute approximate surface area is 150 Å².